The Labute approximate surface area is 112 Å². The van der Waals surface area contributed by atoms with Crippen LogP contribution < -0.4 is 10.6 Å². The highest BCUT2D eigenvalue weighted by Crippen LogP contribution is 2.24. The summed E-state index contributed by atoms with van der Waals surface area (Å²) < 4.78 is 0. The Balaban J connectivity index is 1.96. The molecule has 2 N–H and O–H groups in total. The van der Waals surface area contributed by atoms with Crippen LogP contribution in [0.15, 0.2) is 6.20 Å². The lowest BCUT2D eigenvalue weighted by molar-refractivity contribution is -0.125. The first-order valence-electron chi connectivity index (χ1n) is 6.38. The summed E-state index contributed by atoms with van der Waals surface area (Å²) in [4.78, 5) is 19.5. The summed E-state index contributed by atoms with van der Waals surface area (Å²) in [6.45, 7) is 4.76. The number of nitrogens with one attached hydrogen (secondary N) is 2. The van der Waals surface area contributed by atoms with Crippen molar-refractivity contribution in [2.45, 2.75) is 32.4 Å². The summed E-state index contributed by atoms with van der Waals surface area (Å²) in [6, 6.07) is 0.0275. The van der Waals surface area contributed by atoms with Crippen molar-refractivity contribution in [1.82, 2.24) is 15.2 Å². The molecule has 0 aromatic carbocycles. The van der Waals surface area contributed by atoms with E-state index < -0.39 is 0 Å². The number of likely N-dealkylation sites (tertiary alicyclic amines) is 1. The minimum Gasteiger partial charge on any atom is -0.362 e. The largest absolute Gasteiger partial charge is 0.362 e. The number of nitrogens with zero attached hydrogens (tertiary/aromatic N) is 2. The molecule has 0 bridgehead atoms. The van der Waals surface area contributed by atoms with Gasteiger partial charge in [-0.2, -0.15) is 0 Å². The fraction of sp³-hybridized carbons (Fsp3) is 0.667. The Kier molecular flexibility index (Phi) is 4.54. The van der Waals surface area contributed by atoms with Crippen LogP contribution in [0.25, 0.3) is 0 Å². The van der Waals surface area contributed by atoms with E-state index in [1.54, 1.807) is 18.4 Å². The predicted octanol–water partition coefficient (Wildman–Crippen LogP) is 1.29. The van der Waals surface area contributed by atoms with Crippen molar-refractivity contribution in [3.05, 3.63) is 11.1 Å². The lowest BCUT2D eigenvalue weighted by Gasteiger charge is -2.21. The number of hydrogen-bond donors (Lipinski definition) is 2. The number of carbonyl (C=O) groups is 1. The van der Waals surface area contributed by atoms with Crippen molar-refractivity contribution < 1.29 is 4.79 Å². The third-order valence-electron chi connectivity index (χ3n) is 3.15. The number of rotatable bonds is 5. The van der Waals surface area contributed by atoms with E-state index in [-0.39, 0.29) is 11.9 Å². The van der Waals surface area contributed by atoms with Gasteiger partial charge in [0, 0.05) is 31.2 Å². The summed E-state index contributed by atoms with van der Waals surface area (Å²) >= 11 is 1.67. The van der Waals surface area contributed by atoms with Crippen molar-refractivity contribution in [2.75, 3.05) is 25.5 Å². The highest BCUT2D eigenvalue weighted by atomic mass is 32.1. The standard InChI is InChI=1S/C12H20N4OS/c1-3-14-12-15-7-9(18-12)8-16-6-4-5-10(16)11(17)13-2/h7,10H,3-6,8H2,1-2H3,(H,13,17)(H,14,15). The normalized spacial score (nSPS) is 20.0. The zero-order valence-corrected chi connectivity index (χ0v) is 11.7. The molecule has 1 amide bonds. The fourth-order valence-electron chi connectivity index (χ4n) is 2.29. The smallest absolute Gasteiger partial charge is 0.237 e. The van der Waals surface area contributed by atoms with Gasteiger partial charge in [-0.3, -0.25) is 9.69 Å². The summed E-state index contributed by atoms with van der Waals surface area (Å²) in [5.41, 5.74) is 0. The number of anilines is 1. The second-order valence-corrected chi connectivity index (χ2v) is 5.52. The molecule has 100 valence electrons. The van der Waals surface area contributed by atoms with Gasteiger partial charge in [0.1, 0.15) is 0 Å². The SMILES string of the molecule is CCNc1ncc(CN2CCCC2C(=O)NC)s1. The van der Waals surface area contributed by atoms with Gasteiger partial charge in [0.15, 0.2) is 5.13 Å². The first kappa shape index (κ1) is 13.3. The van der Waals surface area contributed by atoms with Crippen LogP contribution in [0.1, 0.15) is 24.6 Å². The zero-order valence-electron chi connectivity index (χ0n) is 10.9. The monoisotopic (exact) mass is 268 g/mol. The molecule has 1 aliphatic rings. The Hall–Kier alpha value is -1.14. The van der Waals surface area contributed by atoms with Crippen molar-refractivity contribution in [3.8, 4) is 0 Å². The molecule has 6 heteroatoms. The molecule has 5 nitrogen and oxygen atoms in total. The van der Waals surface area contributed by atoms with Gasteiger partial charge in [0.25, 0.3) is 0 Å². The number of amides is 1. The number of carbonyl (C=O) groups excluding carboxylic acids is 1. The molecule has 0 radical (unpaired) electrons. The Morgan fingerprint density at radius 1 is 1.67 bits per heavy atom. The van der Waals surface area contributed by atoms with Crippen LogP contribution in [-0.4, -0.2) is 42.0 Å². The van der Waals surface area contributed by atoms with Gasteiger partial charge >= 0.3 is 0 Å². The molecule has 2 rings (SSSR count). The minimum absolute atomic E-state index is 0.0275. The second kappa shape index (κ2) is 6.15. The number of thiazole rings is 1. The molecule has 1 unspecified atom stereocenters. The highest BCUT2D eigenvalue weighted by Gasteiger charge is 2.30. The molecule has 1 atom stereocenters. The molecule has 0 saturated carbocycles. The van der Waals surface area contributed by atoms with Crippen LogP contribution in [0.2, 0.25) is 0 Å². The number of likely N-dealkylation sites (N-methyl/N-ethyl adjacent to an activating group) is 1. The van der Waals surface area contributed by atoms with Gasteiger partial charge < -0.3 is 10.6 Å². The van der Waals surface area contributed by atoms with Gasteiger partial charge in [-0.25, -0.2) is 4.98 Å². The summed E-state index contributed by atoms with van der Waals surface area (Å²) in [7, 11) is 1.70. The van der Waals surface area contributed by atoms with Gasteiger partial charge in [-0.1, -0.05) is 0 Å². The first-order chi connectivity index (χ1) is 8.74. The summed E-state index contributed by atoms with van der Waals surface area (Å²) in [5.74, 6) is 0.129. The Morgan fingerprint density at radius 3 is 3.22 bits per heavy atom. The molecule has 0 aliphatic carbocycles. The van der Waals surface area contributed by atoms with Gasteiger partial charge in [0.2, 0.25) is 5.91 Å². The maximum atomic E-state index is 11.7. The third kappa shape index (κ3) is 3.00. The van der Waals surface area contributed by atoms with Crippen LogP contribution in [0, 0.1) is 0 Å². The van der Waals surface area contributed by atoms with Crippen molar-refractivity contribution in [2.24, 2.45) is 0 Å². The maximum Gasteiger partial charge on any atom is 0.237 e. The molecule has 1 saturated heterocycles. The molecule has 2 heterocycles. The highest BCUT2D eigenvalue weighted by molar-refractivity contribution is 7.15. The van der Waals surface area contributed by atoms with Gasteiger partial charge in [-0.15, -0.1) is 11.3 Å². The quantitative estimate of drug-likeness (QED) is 0.845. The number of aromatic nitrogens is 1. The fourth-order valence-corrected chi connectivity index (χ4v) is 3.20. The zero-order chi connectivity index (χ0) is 13.0. The van der Waals surface area contributed by atoms with E-state index in [0.29, 0.717) is 0 Å². The molecule has 18 heavy (non-hydrogen) atoms. The van der Waals surface area contributed by atoms with E-state index in [9.17, 15) is 4.79 Å². The first-order valence-corrected chi connectivity index (χ1v) is 7.20. The van der Waals surface area contributed by atoms with E-state index in [1.807, 2.05) is 6.20 Å². The van der Waals surface area contributed by atoms with E-state index in [4.69, 9.17) is 0 Å². The average Bonchev–Trinajstić information content (AvgIpc) is 2.99. The third-order valence-corrected chi connectivity index (χ3v) is 4.09. The van der Waals surface area contributed by atoms with E-state index in [0.717, 1.165) is 37.6 Å². The van der Waals surface area contributed by atoms with Crippen LogP contribution in [0.5, 0.6) is 0 Å². The van der Waals surface area contributed by atoms with E-state index in [1.165, 1.54) is 4.88 Å². The molecular weight excluding hydrogens is 248 g/mol. The molecule has 1 aromatic heterocycles. The van der Waals surface area contributed by atoms with Crippen molar-refractivity contribution >= 4 is 22.4 Å². The Bertz CT molecular complexity index is 407. The van der Waals surface area contributed by atoms with Crippen LogP contribution in [-0.2, 0) is 11.3 Å². The minimum atomic E-state index is 0.0275. The number of hydrogen-bond acceptors (Lipinski definition) is 5. The predicted molar refractivity (Wildman–Crippen MR) is 73.8 cm³/mol. The van der Waals surface area contributed by atoms with Gasteiger partial charge in [-0.05, 0) is 26.3 Å². The van der Waals surface area contributed by atoms with Crippen LogP contribution >= 0.6 is 11.3 Å². The van der Waals surface area contributed by atoms with Crippen LogP contribution in [0.3, 0.4) is 0 Å². The lowest BCUT2D eigenvalue weighted by atomic mass is 10.2. The molecule has 0 spiro atoms. The molecule has 1 aromatic rings. The van der Waals surface area contributed by atoms with E-state index in [2.05, 4.69) is 27.4 Å². The van der Waals surface area contributed by atoms with E-state index >= 15 is 0 Å². The van der Waals surface area contributed by atoms with Crippen molar-refractivity contribution in [3.63, 3.8) is 0 Å². The summed E-state index contributed by atoms with van der Waals surface area (Å²) in [5, 5.41) is 6.91. The topological polar surface area (TPSA) is 57.3 Å². The molecule has 1 aliphatic heterocycles. The maximum absolute atomic E-state index is 11.7. The van der Waals surface area contributed by atoms with Crippen LogP contribution in [0.4, 0.5) is 5.13 Å². The average molecular weight is 268 g/mol. The Morgan fingerprint density at radius 2 is 2.50 bits per heavy atom. The van der Waals surface area contributed by atoms with Crippen molar-refractivity contribution in [1.29, 1.82) is 0 Å². The molecule has 1 fully saturated rings. The molecular formula is C12H20N4OS. The lowest BCUT2D eigenvalue weighted by Crippen LogP contribution is -2.41. The van der Waals surface area contributed by atoms with Gasteiger partial charge in [0.05, 0.1) is 6.04 Å². The second-order valence-electron chi connectivity index (χ2n) is 4.40. The summed E-state index contributed by atoms with van der Waals surface area (Å²) in [6.07, 6.45) is 3.96.